The molecule has 9 heteroatoms. The number of para-hydroxylation sites is 1. The molecule has 0 spiro atoms. The van der Waals surface area contributed by atoms with Gasteiger partial charge >= 0.3 is 5.97 Å². The van der Waals surface area contributed by atoms with Gasteiger partial charge in [-0.1, -0.05) is 35.4 Å². The summed E-state index contributed by atoms with van der Waals surface area (Å²) in [5.74, 6) is -2.99. The van der Waals surface area contributed by atoms with Gasteiger partial charge in [0.15, 0.2) is 12.4 Å². The van der Waals surface area contributed by atoms with Crippen molar-refractivity contribution < 1.29 is 28.7 Å². The monoisotopic (exact) mass is 556 g/mol. The summed E-state index contributed by atoms with van der Waals surface area (Å²) >= 11 is 5.83. The molecule has 1 N–H and O–H groups in total. The molecule has 3 aromatic carbocycles. The fourth-order valence-corrected chi connectivity index (χ4v) is 5.08. The van der Waals surface area contributed by atoms with E-state index in [1.807, 2.05) is 13.0 Å². The van der Waals surface area contributed by atoms with E-state index in [0.29, 0.717) is 29.1 Å². The van der Waals surface area contributed by atoms with Crippen molar-refractivity contribution in [2.24, 2.45) is 11.8 Å². The first-order valence-corrected chi connectivity index (χ1v) is 13.1. The minimum absolute atomic E-state index is 0.178. The number of carbonyl (C=O) groups is 5. The number of benzene rings is 3. The predicted octanol–water partition coefficient (Wildman–Crippen LogP) is 5.48. The number of allylic oxidation sites excluding steroid dienone is 2. The number of rotatable bonds is 7. The highest BCUT2D eigenvalue weighted by Crippen LogP contribution is 2.40. The largest absolute Gasteiger partial charge is 0.454 e. The van der Waals surface area contributed by atoms with Crippen molar-refractivity contribution in [3.05, 3.63) is 106 Å². The van der Waals surface area contributed by atoms with E-state index in [1.54, 1.807) is 48.5 Å². The molecule has 3 amide bonds. The molecule has 40 heavy (non-hydrogen) atoms. The molecule has 0 radical (unpaired) electrons. The summed E-state index contributed by atoms with van der Waals surface area (Å²) in [4.78, 5) is 65.4. The second-order valence-electron chi connectivity index (χ2n) is 9.77. The molecule has 202 valence electrons. The summed E-state index contributed by atoms with van der Waals surface area (Å²) in [5.41, 5.74) is 2.46. The molecule has 0 bridgehead atoms. The highest BCUT2D eigenvalue weighted by Gasteiger charge is 2.49. The van der Waals surface area contributed by atoms with Gasteiger partial charge in [-0.05, 0) is 80.4 Å². The van der Waals surface area contributed by atoms with E-state index in [0.717, 1.165) is 10.5 Å². The van der Waals surface area contributed by atoms with Gasteiger partial charge in [0, 0.05) is 16.3 Å². The van der Waals surface area contributed by atoms with Crippen molar-refractivity contribution in [1.29, 1.82) is 0 Å². The lowest BCUT2D eigenvalue weighted by Crippen LogP contribution is -2.33. The lowest BCUT2D eigenvalue weighted by atomic mass is 9.82. The van der Waals surface area contributed by atoms with Crippen LogP contribution in [0.5, 0.6) is 0 Å². The summed E-state index contributed by atoms with van der Waals surface area (Å²) in [6, 6.07) is 18.7. The van der Waals surface area contributed by atoms with E-state index in [-0.39, 0.29) is 34.4 Å². The third-order valence-electron chi connectivity index (χ3n) is 7.09. The number of fused-ring (bicyclic) bond motifs is 1. The SMILES string of the molecule is CC1=CC[C@H]2C(=O)N(c3ccccc3C(=O)Nc3ccc(C(=O)OCC(=O)c4ccc(Cl)cc4)cc3)C(=O)[C@@H]2C1. The number of ether oxygens (including phenoxy) is 1. The Hall–Kier alpha value is -4.56. The van der Waals surface area contributed by atoms with Crippen LogP contribution in [0.15, 0.2) is 84.4 Å². The fourth-order valence-electron chi connectivity index (χ4n) is 4.96. The van der Waals surface area contributed by atoms with E-state index in [9.17, 15) is 24.0 Å². The first kappa shape index (κ1) is 27.0. The van der Waals surface area contributed by atoms with Gasteiger partial charge in [-0.2, -0.15) is 0 Å². The van der Waals surface area contributed by atoms with Gasteiger partial charge < -0.3 is 10.1 Å². The molecule has 1 fully saturated rings. The lowest BCUT2D eigenvalue weighted by molar-refractivity contribution is -0.122. The molecule has 1 aliphatic heterocycles. The minimum atomic E-state index is -0.692. The Morgan fingerprint density at radius 2 is 1.55 bits per heavy atom. The number of nitrogens with zero attached hydrogens (tertiary/aromatic N) is 1. The average Bonchev–Trinajstić information content (AvgIpc) is 3.20. The third kappa shape index (κ3) is 5.44. The van der Waals surface area contributed by atoms with E-state index in [2.05, 4.69) is 5.32 Å². The number of esters is 1. The van der Waals surface area contributed by atoms with Gasteiger partial charge in [-0.15, -0.1) is 0 Å². The maximum absolute atomic E-state index is 13.2. The van der Waals surface area contributed by atoms with Crippen molar-refractivity contribution in [2.45, 2.75) is 19.8 Å². The molecule has 1 saturated heterocycles. The van der Waals surface area contributed by atoms with Gasteiger partial charge in [-0.25, -0.2) is 9.69 Å². The topological polar surface area (TPSA) is 110 Å². The van der Waals surface area contributed by atoms with Crippen LogP contribution < -0.4 is 10.2 Å². The van der Waals surface area contributed by atoms with E-state index in [1.165, 1.54) is 24.3 Å². The average molecular weight is 557 g/mol. The molecule has 5 rings (SSSR count). The number of imide groups is 1. The highest BCUT2D eigenvalue weighted by atomic mass is 35.5. The molecule has 0 unspecified atom stereocenters. The summed E-state index contributed by atoms with van der Waals surface area (Å²) in [5, 5.41) is 3.24. The van der Waals surface area contributed by atoms with Crippen LogP contribution in [0.2, 0.25) is 5.02 Å². The summed E-state index contributed by atoms with van der Waals surface area (Å²) in [7, 11) is 0. The van der Waals surface area contributed by atoms with Crippen molar-refractivity contribution in [1.82, 2.24) is 0 Å². The molecule has 1 heterocycles. The molecule has 2 aliphatic rings. The van der Waals surface area contributed by atoms with Crippen LogP contribution in [0.25, 0.3) is 0 Å². The molecule has 3 aromatic rings. The molecule has 0 saturated carbocycles. The number of halogens is 1. The normalized spacial score (nSPS) is 18.1. The van der Waals surface area contributed by atoms with E-state index >= 15 is 0 Å². The van der Waals surface area contributed by atoms with Gasteiger partial charge in [-0.3, -0.25) is 19.2 Å². The zero-order valence-electron chi connectivity index (χ0n) is 21.6. The lowest BCUT2D eigenvalue weighted by Gasteiger charge is -2.19. The Bertz CT molecular complexity index is 1540. The molecule has 8 nitrogen and oxygen atoms in total. The van der Waals surface area contributed by atoms with Crippen molar-refractivity contribution in [3.63, 3.8) is 0 Å². The number of carbonyl (C=O) groups excluding carboxylic acids is 5. The van der Waals surface area contributed by atoms with Crippen LogP contribution in [-0.2, 0) is 14.3 Å². The summed E-state index contributed by atoms with van der Waals surface area (Å²) in [6.45, 7) is 1.52. The molecule has 1 aliphatic carbocycles. The van der Waals surface area contributed by atoms with Crippen molar-refractivity contribution >= 4 is 52.4 Å². The zero-order chi connectivity index (χ0) is 28.4. The molecular weight excluding hydrogens is 532 g/mol. The highest BCUT2D eigenvalue weighted by molar-refractivity contribution is 6.30. The van der Waals surface area contributed by atoms with Gasteiger partial charge in [0.25, 0.3) is 5.91 Å². The van der Waals surface area contributed by atoms with Crippen LogP contribution in [-0.4, -0.2) is 36.1 Å². The Balaban J connectivity index is 1.24. The van der Waals surface area contributed by atoms with E-state index in [4.69, 9.17) is 16.3 Å². The Labute approximate surface area is 235 Å². The Kier molecular flexibility index (Phi) is 7.62. The number of hydrogen-bond acceptors (Lipinski definition) is 6. The fraction of sp³-hybridized carbons (Fsp3) is 0.194. The van der Waals surface area contributed by atoms with Crippen molar-refractivity contribution in [2.75, 3.05) is 16.8 Å². The number of Topliss-reactive ketones (excluding diaryl/α,β-unsaturated/α-hetero) is 1. The standard InChI is InChI=1S/C31H25ClN2O6/c1-18-6-15-23-25(16-18)30(38)34(29(23)37)26-5-3-2-4-24(26)28(36)33-22-13-9-20(10-14-22)31(39)40-17-27(35)19-7-11-21(32)12-8-19/h2-14,23,25H,15-17H2,1H3,(H,33,36)/t23-,25-/m1/s1. The summed E-state index contributed by atoms with van der Waals surface area (Å²) in [6.07, 6.45) is 3.03. The van der Waals surface area contributed by atoms with Crippen molar-refractivity contribution in [3.8, 4) is 0 Å². The predicted molar refractivity (Wildman–Crippen MR) is 149 cm³/mol. The summed E-state index contributed by atoms with van der Waals surface area (Å²) < 4.78 is 5.12. The second kappa shape index (κ2) is 11.3. The maximum atomic E-state index is 13.2. The minimum Gasteiger partial charge on any atom is -0.454 e. The van der Waals surface area contributed by atoms with Crippen LogP contribution in [0, 0.1) is 11.8 Å². The van der Waals surface area contributed by atoms with Gasteiger partial charge in [0.1, 0.15) is 0 Å². The van der Waals surface area contributed by atoms with Crippen LogP contribution in [0.1, 0.15) is 50.8 Å². The first-order valence-electron chi connectivity index (χ1n) is 12.7. The molecular formula is C31H25ClN2O6. The van der Waals surface area contributed by atoms with E-state index < -0.39 is 30.3 Å². The van der Waals surface area contributed by atoms with Crippen LogP contribution >= 0.6 is 11.6 Å². The Morgan fingerprint density at radius 1 is 0.900 bits per heavy atom. The zero-order valence-corrected chi connectivity index (χ0v) is 22.3. The first-order chi connectivity index (χ1) is 19.2. The third-order valence-corrected chi connectivity index (χ3v) is 7.34. The number of ketones is 1. The van der Waals surface area contributed by atoms with Gasteiger partial charge in [0.05, 0.1) is 28.7 Å². The molecule has 2 atom stereocenters. The number of hydrogen-bond donors (Lipinski definition) is 1. The van der Waals surface area contributed by atoms with Gasteiger partial charge in [0.2, 0.25) is 11.8 Å². The number of nitrogens with one attached hydrogen (secondary N) is 1. The maximum Gasteiger partial charge on any atom is 0.338 e. The number of amides is 3. The Morgan fingerprint density at radius 3 is 2.27 bits per heavy atom. The smallest absolute Gasteiger partial charge is 0.338 e. The quantitative estimate of drug-likeness (QED) is 0.179. The number of anilines is 2. The van der Waals surface area contributed by atoms with Crippen LogP contribution in [0.3, 0.4) is 0 Å². The second-order valence-corrected chi connectivity index (χ2v) is 10.2. The van der Waals surface area contributed by atoms with Crippen LogP contribution in [0.4, 0.5) is 11.4 Å². The molecule has 0 aromatic heterocycles.